The maximum atomic E-state index is 11.7. The number of hydrogen-bond donors (Lipinski definition) is 1. The molecule has 0 aliphatic rings. The Labute approximate surface area is 109 Å². The normalized spacial score (nSPS) is 10.3. The minimum Gasteiger partial charge on any atom is -0.462 e. The molecule has 0 aromatic carbocycles. The summed E-state index contributed by atoms with van der Waals surface area (Å²) in [7, 11) is 1.81. The van der Waals surface area contributed by atoms with Crippen molar-refractivity contribution in [2.45, 2.75) is 13.5 Å². The highest BCUT2D eigenvalue weighted by Crippen LogP contribution is 2.15. The summed E-state index contributed by atoms with van der Waals surface area (Å²) in [6.45, 7) is 2.70. The molecule has 6 heteroatoms. The number of nitrogens with one attached hydrogen (secondary N) is 1. The van der Waals surface area contributed by atoms with Crippen LogP contribution in [0.5, 0.6) is 0 Å². The zero-order chi connectivity index (χ0) is 13.0. The lowest BCUT2D eigenvalue weighted by molar-refractivity contribution is 0.0525. The number of aromatic nitrogens is 2. The van der Waals surface area contributed by atoms with E-state index in [1.165, 1.54) is 0 Å². The van der Waals surface area contributed by atoms with Gasteiger partial charge in [0, 0.05) is 18.1 Å². The van der Waals surface area contributed by atoms with Gasteiger partial charge in [-0.1, -0.05) is 0 Å². The summed E-state index contributed by atoms with van der Waals surface area (Å²) in [4.78, 5) is 11.7. The highest BCUT2D eigenvalue weighted by Gasteiger charge is 2.16. The van der Waals surface area contributed by atoms with Gasteiger partial charge in [-0.05, 0) is 18.4 Å². The molecule has 0 atom stereocenters. The maximum Gasteiger partial charge on any atom is 0.341 e. The Balaban J connectivity index is 2.11. The molecular formula is C12H15N3O2S. The van der Waals surface area contributed by atoms with E-state index in [0.29, 0.717) is 18.7 Å². The molecule has 1 N–H and O–H groups in total. The lowest BCUT2D eigenvalue weighted by atomic mass is 10.2. The highest BCUT2D eigenvalue weighted by atomic mass is 32.1. The van der Waals surface area contributed by atoms with Crippen molar-refractivity contribution in [3.05, 3.63) is 34.3 Å². The van der Waals surface area contributed by atoms with E-state index < -0.39 is 0 Å². The number of aryl methyl sites for hydroxylation is 1. The van der Waals surface area contributed by atoms with Gasteiger partial charge in [-0.25, -0.2) is 4.79 Å². The second kappa shape index (κ2) is 5.68. The zero-order valence-corrected chi connectivity index (χ0v) is 11.2. The second-order valence-corrected chi connectivity index (χ2v) is 4.49. The standard InChI is InChI=1S/C12H15N3O2S/c1-3-17-12(16)10-6-14-15(2)11(10)7-13-9-4-5-18-8-9/h4-6,8,13H,3,7H2,1-2H3. The first-order valence-electron chi connectivity index (χ1n) is 5.66. The molecule has 2 heterocycles. The molecule has 0 fully saturated rings. The van der Waals surface area contributed by atoms with Crippen LogP contribution in [0, 0.1) is 0 Å². The summed E-state index contributed by atoms with van der Waals surface area (Å²) in [5.74, 6) is -0.326. The molecule has 96 valence electrons. The summed E-state index contributed by atoms with van der Waals surface area (Å²) in [6.07, 6.45) is 1.54. The smallest absolute Gasteiger partial charge is 0.341 e. The van der Waals surface area contributed by atoms with E-state index in [-0.39, 0.29) is 5.97 Å². The van der Waals surface area contributed by atoms with Crippen molar-refractivity contribution in [1.29, 1.82) is 0 Å². The predicted molar refractivity (Wildman–Crippen MR) is 70.8 cm³/mol. The fourth-order valence-corrected chi connectivity index (χ4v) is 2.21. The number of rotatable bonds is 5. The fraction of sp³-hybridized carbons (Fsp3) is 0.333. The Morgan fingerprint density at radius 1 is 1.61 bits per heavy atom. The van der Waals surface area contributed by atoms with E-state index in [2.05, 4.69) is 10.4 Å². The molecular weight excluding hydrogens is 250 g/mol. The molecule has 0 radical (unpaired) electrons. The zero-order valence-electron chi connectivity index (χ0n) is 10.3. The fourth-order valence-electron chi connectivity index (χ4n) is 1.60. The quantitative estimate of drug-likeness (QED) is 0.843. The molecule has 2 rings (SSSR count). The number of anilines is 1. The molecule has 0 bridgehead atoms. The van der Waals surface area contributed by atoms with E-state index in [0.717, 1.165) is 11.4 Å². The molecule has 0 spiro atoms. The summed E-state index contributed by atoms with van der Waals surface area (Å²) < 4.78 is 6.69. The highest BCUT2D eigenvalue weighted by molar-refractivity contribution is 7.08. The van der Waals surface area contributed by atoms with Gasteiger partial charge in [-0.3, -0.25) is 4.68 Å². The number of carbonyl (C=O) groups excluding carboxylic acids is 1. The molecule has 0 aliphatic heterocycles. The minimum atomic E-state index is -0.326. The van der Waals surface area contributed by atoms with E-state index in [1.54, 1.807) is 29.1 Å². The largest absolute Gasteiger partial charge is 0.462 e. The SMILES string of the molecule is CCOC(=O)c1cnn(C)c1CNc1ccsc1. The van der Waals surface area contributed by atoms with E-state index in [9.17, 15) is 4.79 Å². The van der Waals surface area contributed by atoms with Crippen molar-refractivity contribution in [3.8, 4) is 0 Å². The monoisotopic (exact) mass is 265 g/mol. The van der Waals surface area contributed by atoms with Gasteiger partial charge in [0.25, 0.3) is 0 Å². The number of hydrogen-bond acceptors (Lipinski definition) is 5. The third kappa shape index (κ3) is 2.70. The molecule has 2 aromatic heterocycles. The Kier molecular flexibility index (Phi) is 3.99. The van der Waals surface area contributed by atoms with Crippen molar-refractivity contribution < 1.29 is 9.53 Å². The first-order valence-corrected chi connectivity index (χ1v) is 6.60. The van der Waals surface area contributed by atoms with Crippen LogP contribution in [0.15, 0.2) is 23.0 Å². The van der Waals surface area contributed by atoms with Gasteiger partial charge in [0.1, 0.15) is 5.56 Å². The molecule has 0 amide bonds. The average Bonchev–Trinajstić information content (AvgIpc) is 2.96. The van der Waals surface area contributed by atoms with Gasteiger partial charge in [0.05, 0.1) is 25.0 Å². The second-order valence-electron chi connectivity index (χ2n) is 3.71. The Bertz CT molecular complexity index is 519. The first-order chi connectivity index (χ1) is 8.72. The molecule has 5 nitrogen and oxygen atoms in total. The van der Waals surface area contributed by atoms with E-state index >= 15 is 0 Å². The summed E-state index contributed by atoms with van der Waals surface area (Å²) >= 11 is 1.62. The molecule has 18 heavy (non-hydrogen) atoms. The van der Waals surface area contributed by atoms with Crippen LogP contribution >= 0.6 is 11.3 Å². The molecule has 0 saturated carbocycles. The third-order valence-electron chi connectivity index (χ3n) is 2.54. The summed E-state index contributed by atoms with van der Waals surface area (Å²) in [6, 6.07) is 1.99. The van der Waals surface area contributed by atoms with Crippen molar-refractivity contribution in [3.63, 3.8) is 0 Å². The van der Waals surface area contributed by atoms with E-state index in [4.69, 9.17) is 4.74 Å². The molecule has 0 unspecified atom stereocenters. The molecule has 0 aliphatic carbocycles. The van der Waals surface area contributed by atoms with Crippen LogP contribution in [0.3, 0.4) is 0 Å². The van der Waals surface area contributed by atoms with Crippen molar-refractivity contribution >= 4 is 23.0 Å². The van der Waals surface area contributed by atoms with Crippen LogP contribution in [0.1, 0.15) is 23.0 Å². The number of esters is 1. The van der Waals surface area contributed by atoms with E-state index in [1.807, 2.05) is 23.9 Å². The van der Waals surface area contributed by atoms with Gasteiger partial charge in [0.2, 0.25) is 0 Å². The molecule has 0 saturated heterocycles. The Morgan fingerprint density at radius 2 is 2.44 bits per heavy atom. The summed E-state index contributed by atoms with van der Waals surface area (Å²) in [5, 5.41) is 11.4. The number of thiophene rings is 1. The van der Waals surface area contributed by atoms with Crippen LogP contribution in [0.2, 0.25) is 0 Å². The lowest BCUT2D eigenvalue weighted by Gasteiger charge is -2.07. The topological polar surface area (TPSA) is 56.1 Å². The van der Waals surface area contributed by atoms with Crippen LogP contribution in [0.25, 0.3) is 0 Å². The third-order valence-corrected chi connectivity index (χ3v) is 3.22. The number of nitrogens with zero attached hydrogens (tertiary/aromatic N) is 2. The first kappa shape index (κ1) is 12.6. The van der Waals surface area contributed by atoms with Crippen molar-refractivity contribution in [2.24, 2.45) is 7.05 Å². The van der Waals surface area contributed by atoms with Gasteiger partial charge in [-0.2, -0.15) is 16.4 Å². The number of ether oxygens (including phenoxy) is 1. The summed E-state index contributed by atoms with van der Waals surface area (Å²) in [5.41, 5.74) is 2.37. The predicted octanol–water partition coefficient (Wildman–Crippen LogP) is 2.27. The average molecular weight is 265 g/mol. The van der Waals surface area contributed by atoms with Crippen LogP contribution in [0.4, 0.5) is 5.69 Å². The van der Waals surface area contributed by atoms with Crippen LogP contribution in [-0.2, 0) is 18.3 Å². The minimum absolute atomic E-state index is 0.326. The Hall–Kier alpha value is -1.82. The van der Waals surface area contributed by atoms with Gasteiger partial charge < -0.3 is 10.1 Å². The van der Waals surface area contributed by atoms with Crippen LogP contribution < -0.4 is 5.32 Å². The van der Waals surface area contributed by atoms with Gasteiger partial charge >= 0.3 is 5.97 Å². The Morgan fingerprint density at radius 3 is 3.11 bits per heavy atom. The van der Waals surface area contributed by atoms with Crippen molar-refractivity contribution in [2.75, 3.05) is 11.9 Å². The number of carbonyl (C=O) groups is 1. The van der Waals surface area contributed by atoms with Gasteiger partial charge in [0.15, 0.2) is 0 Å². The van der Waals surface area contributed by atoms with Crippen molar-refractivity contribution in [1.82, 2.24) is 9.78 Å². The van der Waals surface area contributed by atoms with Gasteiger partial charge in [-0.15, -0.1) is 0 Å². The maximum absolute atomic E-state index is 11.7. The lowest BCUT2D eigenvalue weighted by Crippen LogP contribution is -2.12. The van der Waals surface area contributed by atoms with Crippen LogP contribution in [-0.4, -0.2) is 22.4 Å². The molecule has 2 aromatic rings.